The maximum absolute atomic E-state index is 11.9. The zero-order chi connectivity index (χ0) is 13.8. The maximum atomic E-state index is 11.9. The van der Waals surface area contributed by atoms with Crippen LogP contribution in [0.3, 0.4) is 0 Å². The molecule has 0 saturated carbocycles. The van der Waals surface area contributed by atoms with E-state index < -0.39 is 0 Å². The number of aryl methyl sites for hydroxylation is 1. The molecule has 0 aliphatic heterocycles. The smallest absolute Gasteiger partial charge is 0.173 e. The highest BCUT2D eigenvalue weighted by atomic mass is 79.9. The van der Waals surface area contributed by atoms with E-state index in [-0.39, 0.29) is 24.4 Å². The first-order valence-corrected chi connectivity index (χ1v) is 7.55. The normalized spacial score (nSPS) is 10.4. The molecule has 0 N–H and O–H groups in total. The second-order valence-electron chi connectivity index (χ2n) is 4.32. The Morgan fingerprint density at radius 1 is 1.00 bits per heavy atom. The van der Waals surface area contributed by atoms with Gasteiger partial charge >= 0.3 is 0 Å². The Kier molecular flexibility index (Phi) is 4.66. The number of benzene rings is 1. The summed E-state index contributed by atoms with van der Waals surface area (Å²) in [5.41, 5.74) is 1.79. The summed E-state index contributed by atoms with van der Waals surface area (Å²) < 4.78 is 0.931. The van der Waals surface area contributed by atoms with Crippen molar-refractivity contribution in [2.45, 2.75) is 19.8 Å². The third kappa shape index (κ3) is 3.85. The van der Waals surface area contributed by atoms with E-state index in [1.165, 1.54) is 11.3 Å². The predicted octanol–water partition coefficient (Wildman–Crippen LogP) is 4.66. The number of rotatable bonds is 5. The van der Waals surface area contributed by atoms with E-state index in [0.717, 1.165) is 9.35 Å². The zero-order valence-corrected chi connectivity index (χ0v) is 12.9. The number of Topliss-reactive ketones (excluding diaryl/α,β-unsaturated/α-hetero) is 2. The lowest BCUT2D eigenvalue weighted by atomic mass is 10.0. The Morgan fingerprint density at radius 3 is 2.21 bits per heavy atom. The first-order valence-electron chi connectivity index (χ1n) is 5.94. The molecule has 0 fully saturated rings. The molecule has 1 aromatic heterocycles. The Hall–Kier alpha value is -1.26. The van der Waals surface area contributed by atoms with Gasteiger partial charge in [0.2, 0.25) is 0 Å². The molecule has 0 radical (unpaired) electrons. The van der Waals surface area contributed by atoms with Crippen molar-refractivity contribution in [3.8, 4) is 0 Å². The minimum absolute atomic E-state index is 0.0176. The summed E-state index contributed by atoms with van der Waals surface area (Å²) in [6.45, 7) is 1.98. The molecule has 0 bridgehead atoms. The fourth-order valence-corrected chi connectivity index (χ4v) is 3.05. The Bertz CT molecular complexity index is 599. The second kappa shape index (κ2) is 6.26. The quantitative estimate of drug-likeness (QED) is 0.744. The van der Waals surface area contributed by atoms with Crippen LogP contribution in [0.5, 0.6) is 0 Å². The molecule has 0 aliphatic carbocycles. The van der Waals surface area contributed by atoms with E-state index in [2.05, 4.69) is 15.9 Å². The van der Waals surface area contributed by atoms with E-state index in [1.807, 2.05) is 37.3 Å². The molecule has 0 saturated heterocycles. The molecular weight excluding hydrogens is 324 g/mol. The standard InChI is InChI=1S/C15H13BrO2S/c1-10-2-4-11(5-3-10)12(17)6-7-13(18)14-8-9-15(16)19-14/h2-5,8-9H,6-7H2,1H3. The fourth-order valence-electron chi connectivity index (χ4n) is 1.70. The molecule has 4 heteroatoms. The fraction of sp³-hybridized carbons (Fsp3) is 0.200. The largest absolute Gasteiger partial charge is 0.294 e. The van der Waals surface area contributed by atoms with E-state index in [1.54, 1.807) is 6.07 Å². The number of carbonyl (C=O) groups is 2. The molecular formula is C15H13BrO2S. The van der Waals surface area contributed by atoms with Crippen molar-refractivity contribution in [3.63, 3.8) is 0 Å². The van der Waals surface area contributed by atoms with Crippen LogP contribution in [-0.2, 0) is 0 Å². The molecule has 1 aromatic carbocycles. The van der Waals surface area contributed by atoms with Gasteiger partial charge in [-0.1, -0.05) is 29.8 Å². The first-order chi connectivity index (χ1) is 9.06. The van der Waals surface area contributed by atoms with Gasteiger partial charge in [0.25, 0.3) is 0 Å². The van der Waals surface area contributed by atoms with Crippen molar-refractivity contribution in [1.82, 2.24) is 0 Å². The lowest BCUT2D eigenvalue weighted by Crippen LogP contribution is -2.04. The van der Waals surface area contributed by atoms with Crippen molar-refractivity contribution in [2.75, 3.05) is 0 Å². The van der Waals surface area contributed by atoms with E-state index >= 15 is 0 Å². The number of carbonyl (C=O) groups excluding carboxylic acids is 2. The molecule has 0 atom stereocenters. The van der Waals surface area contributed by atoms with E-state index in [9.17, 15) is 9.59 Å². The van der Waals surface area contributed by atoms with Gasteiger partial charge in [-0.25, -0.2) is 0 Å². The monoisotopic (exact) mass is 336 g/mol. The number of halogens is 1. The highest BCUT2D eigenvalue weighted by Gasteiger charge is 2.12. The summed E-state index contributed by atoms with van der Waals surface area (Å²) in [7, 11) is 0. The van der Waals surface area contributed by atoms with E-state index in [0.29, 0.717) is 10.4 Å². The van der Waals surface area contributed by atoms with Crippen molar-refractivity contribution in [2.24, 2.45) is 0 Å². The van der Waals surface area contributed by atoms with E-state index in [4.69, 9.17) is 0 Å². The topological polar surface area (TPSA) is 34.1 Å². The third-order valence-corrected chi connectivity index (χ3v) is 4.47. The average Bonchev–Trinajstić information content (AvgIpc) is 2.83. The molecule has 1 heterocycles. The molecule has 0 spiro atoms. The molecule has 2 nitrogen and oxygen atoms in total. The Morgan fingerprint density at radius 2 is 1.63 bits per heavy atom. The molecule has 0 amide bonds. The van der Waals surface area contributed by atoms with Crippen LogP contribution < -0.4 is 0 Å². The Balaban J connectivity index is 1.93. The second-order valence-corrected chi connectivity index (χ2v) is 6.78. The Labute approximate surface area is 124 Å². The highest BCUT2D eigenvalue weighted by molar-refractivity contribution is 9.11. The summed E-state index contributed by atoms with van der Waals surface area (Å²) in [5, 5.41) is 0. The van der Waals surface area contributed by atoms with Gasteiger partial charge in [0.1, 0.15) is 0 Å². The predicted molar refractivity (Wildman–Crippen MR) is 81.1 cm³/mol. The van der Waals surface area contributed by atoms with Crippen LogP contribution in [0.4, 0.5) is 0 Å². The van der Waals surface area contributed by atoms with Gasteiger partial charge in [-0.15, -0.1) is 11.3 Å². The summed E-state index contributed by atoms with van der Waals surface area (Å²) in [5.74, 6) is 0.0418. The van der Waals surface area contributed by atoms with Gasteiger partial charge in [0.15, 0.2) is 11.6 Å². The van der Waals surface area contributed by atoms with Crippen LogP contribution in [0, 0.1) is 6.92 Å². The number of thiophene rings is 1. The average molecular weight is 337 g/mol. The summed E-state index contributed by atoms with van der Waals surface area (Å²) in [6, 6.07) is 11.1. The lowest BCUT2D eigenvalue weighted by Gasteiger charge is -2.01. The maximum Gasteiger partial charge on any atom is 0.173 e. The molecule has 2 rings (SSSR count). The summed E-state index contributed by atoms with van der Waals surface area (Å²) in [4.78, 5) is 24.5. The lowest BCUT2D eigenvalue weighted by molar-refractivity contribution is 0.0919. The highest BCUT2D eigenvalue weighted by Crippen LogP contribution is 2.23. The van der Waals surface area contributed by atoms with Crippen LogP contribution in [-0.4, -0.2) is 11.6 Å². The zero-order valence-electron chi connectivity index (χ0n) is 10.5. The molecule has 0 aliphatic rings. The van der Waals surface area contributed by atoms with Gasteiger partial charge in [-0.05, 0) is 35.0 Å². The molecule has 98 valence electrons. The van der Waals surface area contributed by atoms with Crippen LogP contribution in [0.25, 0.3) is 0 Å². The van der Waals surface area contributed by atoms with Gasteiger partial charge < -0.3 is 0 Å². The number of hydrogen-bond donors (Lipinski definition) is 0. The van der Waals surface area contributed by atoms with Gasteiger partial charge in [-0.2, -0.15) is 0 Å². The van der Waals surface area contributed by atoms with Crippen LogP contribution in [0.15, 0.2) is 40.2 Å². The van der Waals surface area contributed by atoms with Crippen LogP contribution in [0.2, 0.25) is 0 Å². The number of ketones is 2. The minimum atomic E-state index is 0.0176. The molecule has 19 heavy (non-hydrogen) atoms. The molecule has 0 unspecified atom stereocenters. The number of hydrogen-bond acceptors (Lipinski definition) is 3. The van der Waals surface area contributed by atoms with Gasteiger partial charge in [0.05, 0.1) is 8.66 Å². The summed E-state index contributed by atoms with van der Waals surface area (Å²) >= 11 is 4.72. The van der Waals surface area contributed by atoms with Crippen molar-refractivity contribution >= 4 is 38.8 Å². The van der Waals surface area contributed by atoms with Crippen molar-refractivity contribution in [3.05, 3.63) is 56.2 Å². The molecule has 2 aromatic rings. The van der Waals surface area contributed by atoms with Gasteiger partial charge in [-0.3, -0.25) is 9.59 Å². The van der Waals surface area contributed by atoms with Crippen LogP contribution >= 0.6 is 27.3 Å². The van der Waals surface area contributed by atoms with Crippen molar-refractivity contribution in [1.29, 1.82) is 0 Å². The third-order valence-electron chi connectivity index (χ3n) is 2.80. The minimum Gasteiger partial charge on any atom is -0.294 e. The van der Waals surface area contributed by atoms with Crippen molar-refractivity contribution < 1.29 is 9.59 Å². The van der Waals surface area contributed by atoms with Gasteiger partial charge in [0, 0.05) is 18.4 Å². The first kappa shape index (κ1) is 14.2. The summed E-state index contributed by atoms with van der Waals surface area (Å²) in [6.07, 6.45) is 0.525. The van der Waals surface area contributed by atoms with Crippen LogP contribution in [0.1, 0.15) is 38.4 Å². The SMILES string of the molecule is Cc1ccc(C(=O)CCC(=O)c2ccc(Br)s2)cc1.